The summed E-state index contributed by atoms with van der Waals surface area (Å²) in [6.45, 7) is 0.429. The van der Waals surface area contributed by atoms with E-state index in [-0.39, 0.29) is 0 Å². The van der Waals surface area contributed by atoms with E-state index in [1.54, 1.807) is 0 Å². The van der Waals surface area contributed by atoms with E-state index in [9.17, 15) is 22.8 Å². The molecule has 0 aliphatic rings. The quantitative estimate of drug-likeness (QED) is 0.332. The van der Waals surface area contributed by atoms with Gasteiger partial charge in [0.05, 0.1) is 12.8 Å². The van der Waals surface area contributed by atoms with Gasteiger partial charge < -0.3 is 5.73 Å². The first-order valence-corrected chi connectivity index (χ1v) is 5.84. The Morgan fingerprint density at radius 3 is 2.12 bits per heavy atom. The third-order valence-electron chi connectivity index (χ3n) is 1.41. The van der Waals surface area contributed by atoms with Crippen molar-refractivity contribution in [2.45, 2.75) is 6.92 Å². The molecule has 0 radical (unpaired) electrons. The normalized spacial score (nSPS) is 12.9. The summed E-state index contributed by atoms with van der Waals surface area (Å²) in [5.74, 6) is -4.85. The largest absolute Gasteiger partial charge is 0.361 e. The Kier molecular flexibility index (Phi) is 5.21. The van der Waals surface area contributed by atoms with Crippen molar-refractivity contribution in [3.8, 4) is 0 Å². The predicted molar refractivity (Wildman–Crippen MR) is 50.3 cm³/mol. The standard InChI is InChI=1S/C7H11NO7S/c1-4(9)6(5(10)3-8)7(11)14-15-16(2,12)13/h6H,3,8H2,1-2H3. The van der Waals surface area contributed by atoms with Crippen LogP contribution < -0.4 is 5.73 Å². The van der Waals surface area contributed by atoms with Gasteiger partial charge in [0.15, 0.2) is 17.5 Å². The molecule has 0 saturated heterocycles. The minimum absolute atomic E-state index is 0.543. The number of hydrogen-bond acceptors (Lipinski definition) is 8. The van der Waals surface area contributed by atoms with Crippen molar-refractivity contribution in [1.82, 2.24) is 0 Å². The molecule has 0 aliphatic heterocycles. The molecule has 0 spiro atoms. The molecule has 0 aromatic heterocycles. The molecule has 9 heteroatoms. The molecule has 16 heavy (non-hydrogen) atoms. The van der Waals surface area contributed by atoms with Crippen molar-refractivity contribution in [3.63, 3.8) is 0 Å². The van der Waals surface area contributed by atoms with Gasteiger partial charge >= 0.3 is 5.97 Å². The van der Waals surface area contributed by atoms with Crippen LogP contribution in [0.1, 0.15) is 6.92 Å². The van der Waals surface area contributed by atoms with Gasteiger partial charge in [-0.3, -0.25) is 14.5 Å². The zero-order valence-electron chi connectivity index (χ0n) is 8.63. The zero-order chi connectivity index (χ0) is 12.9. The zero-order valence-corrected chi connectivity index (χ0v) is 9.44. The lowest BCUT2D eigenvalue weighted by Crippen LogP contribution is -2.36. The first kappa shape index (κ1) is 14.7. The summed E-state index contributed by atoms with van der Waals surface area (Å²) in [7, 11) is -4.01. The van der Waals surface area contributed by atoms with E-state index in [1.807, 2.05) is 0 Å². The number of hydrogen-bond donors (Lipinski definition) is 1. The summed E-state index contributed by atoms with van der Waals surface area (Å²) in [5, 5.41) is 0. The molecule has 0 aromatic carbocycles. The molecule has 1 atom stereocenters. The topological polar surface area (TPSA) is 130 Å². The van der Waals surface area contributed by atoms with Crippen LogP contribution in [-0.2, 0) is 33.7 Å². The predicted octanol–water partition coefficient (Wildman–Crippen LogP) is -1.85. The van der Waals surface area contributed by atoms with Crippen molar-refractivity contribution in [2.24, 2.45) is 11.7 Å². The van der Waals surface area contributed by atoms with Crippen molar-refractivity contribution >= 4 is 27.7 Å². The lowest BCUT2D eigenvalue weighted by molar-refractivity contribution is -0.215. The van der Waals surface area contributed by atoms with Crippen LogP contribution in [0, 0.1) is 5.92 Å². The van der Waals surface area contributed by atoms with Gasteiger partial charge in [0, 0.05) is 0 Å². The van der Waals surface area contributed by atoms with E-state index in [0.717, 1.165) is 6.92 Å². The number of carbonyl (C=O) groups excluding carboxylic acids is 3. The van der Waals surface area contributed by atoms with Gasteiger partial charge in [0.2, 0.25) is 0 Å². The van der Waals surface area contributed by atoms with Gasteiger partial charge in [-0.15, -0.1) is 0 Å². The van der Waals surface area contributed by atoms with Gasteiger partial charge in [-0.05, 0) is 6.92 Å². The minimum Gasteiger partial charge on any atom is -0.324 e. The third-order valence-corrected chi connectivity index (χ3v) is 1.72. The molecular formula is C7H11NO7S. The van der Waals surface area contributed by atoms with Crippen LogP contribution in [0.3, 0.4) is 0 Å². The molecule has 92 valence electrons. The van der Waals surface area contributed by atoms with Crippen LogP contribution in [0.4, 0.5) is 0 Å². The van der Waals surface area contributed by atoms with Crippen LogP contribution in [0.15, 0.2) is 0 Å². The number of nitrogens with two attached hydrogens (primary N) is 1. The summed E-state index contributed by atoms with van der Waals surface area (Å²) in [6, 6.07) is 0. The van der Waals surface area contributed by atoms with Crippen molar-refractivity contribution in [1.29, 1.82) is 0 Å². The maximum atomic E-state index is 11.1. The summed E-state index contributed by atoms with van der Waals surface area (Å²) >= 11 is 0. The fourth-order valence-electron chi connectivity index (χ4n) is 0.785. The highest BCUT2D eigenvalue weighted by atomic mass is 32.2. The summed E-state index contributed by atoms with van der Waals surface area (Å²) in [4.78, 5) is 36.9. The second kappa shape index (κ2) is 5.68. The second-order valence-corrected chi connectivity index (χ2v) is 4.43. The Balaban J connectivity index is 4.65. The minimum atomic E-state index is -4.01. The Hall–Kier alpha value is -1.32. The molecule has 1 unspecified atom stereocenters. The second-order valence-electron chi connectivity index (χ2n) is 2.89. The Morgan fingerprint density at radius 1 is 1.31 bits per heavy atom. The van der Waals surface area contributed by atoms with Gasteiger partial charge in [-0.2, -0.15) is 8.42 Å². The first-order valence-electron chi connectivity index (χ1n) is 4.02. The molecule has 0 heterocycles. The molecular weight excluding hydrogens is 242 g/mol. The highest BCUT2D eigenvalue weighted by Gasteiger charge is 2.33. The summed E-state index contributed by atoms with van der Waals surface area (Å²) in [6.07, 6.45) is 0.633. The molecule has 0 saturated carbocycles. The fraction of sp³-hybridized carbons (Fsp3) is 0.571. The number of rotatable bonds is 6. The van der Waals surface area contributed by atoms with E-state index in [4.69, 9.17) is 5.73 Å². The van der Waals surface area contributed by atoms with E-state index >= 15 is 0 Å². The average Bonchev–Trinajstić information content (AvgIpc) is 2.13. The lowest BCUT2D eigenvalue weighted by atomic mass is 10.0. The number of ketones is 2. The van der Waals surface area contributed by atoms with Crippen LogP contribution in [0.25, 0.3) is 0 Å². The van der Waals surface area contributed by atoms with E-state index in [0.29, 0.717) is 6.26 Å². The SMILES string of the molecule is CC(=O)C(C(=O)CN)C(=O)OOS(C)(=O)=O. The van der Waals surface area contributed by atoms with Crippen LogP contribution >= 0.6 is 0 Å². The molecule has 0 rings (SSSR count). The molecule has 0 amide bonds. The Morgan fingerprint density at radius 2 is 1.81 bits per heavy atom. The first-order chi connectivity index (χ1) is 7.19. The van der Waals surface area contributed by atoms with Crippen molar-refractivity contribution in [2.75, 3.05) is 12.8 Å². The maximum absolute atomic E-state index is 11.1. The highest BCUT2D eigenvalue weighted by molar-refractivity contribution is 7.85. The van der Waals surface area contributed by atoms with Gasteiger partial charge in [0.25, 0.3) is 10.1 Å². The number of carbonyl (C=O) groups is 3. The molecule has 8 nitrogen and oxygen atoms in total. The van der Waals surface area contributed by atoms with Crippen LogP contribution in [0.2, 0.25) is 0 Å². The van der Waals surface area contributed by atoms with Gasteiger partial charge in [0.1, 0.15) is 0 Å². The highest BCUT2D eigenvalue weighted by Crippen LogP contribution is 2.05. The molecule has 0 bridgehead atoms. The van der Waals surface area contributed by atoms with Crippen molar-refractivity contribution in [3.05, 3.63) is 0 Å². The van der Waals surface area contributed by atoms with Gasteiger partial charge in [-0.1, -0.05) is 4.33 Å². The Bertz CT molecular complexity index is 399. The van der Waals surface area contributed by atoms with E-state index < -0.39 is 40.1 Å². The fourth-order valence-corrected chi connectivity index (χ4v) is 0.976. The van der Waals surface area contributed by atoms with Gasteiger partial charge in [-0.25, -0.2) is 4.79 Å². The smallest absolute Gasteiger partial charge is 0.324 e. The van der Waals surface area contributed by atoms with E-state index in [1.165, 1.54) is 0 Å². The number of Topliss-reactive ketones (excluding diaryl/α,β-unsaturated/α-hetero) is 2. The Labute approximate surface area is 91.7 Å². The average molecular weight is 253 g/mol. The molecule has 0 aliphatic carbocycles. The van der Waals surface area contributed by atoms with Crippen LogP contribution in [0.5, 0.6) is 0 Å². The van der Waals surface area contributed by atoms with Crippen molar-refractivity contribution < 1.29 is 32.0 Å². The summed E-state index contributed by atoms with van der Waals surface area (Å²) < 4.78 is 24.6. The molecule has 0 fully saturated rings. The monoisotopic (exact) mass is 253 g/mol. The lowest BCUT2D eigenvalue weighted by Gasteiger charge is -2.08. The molecule has 0 aromatic rings. The van der Waals surface area contributed by atoms with Crippen LogP contribution in [-0.4, -0.2) is 38.8 Å². The third kappa shape index (κ3) is 4.96. The maximum Gasteiger partial charge on any atom is 0.361 e. The summed E-state index contributed by atoms with van der Waals surface area (Å²) in [5.41, 5.74) is 4.96. The molecule has 2 N–H and O–H groups in total. The van der Waals surface area contributed by atoms with E-state index in [2.05, 4.69) is 9.22 Å².